The largest absolute Gasteiger partial charge is 0.396 e. The predicted molar refractivity (Wildman–Crippen MR) is 68.3 cm³/mol. The van der Waals surface area contributed by atoms with E-state index in [0.29, 0.717) is 12.0 Å². The minimum absolute atomic E-state index is 0.124. The van der Waals surface area contributed by atoms with Crippen molar-refractivity contribution in [1.82, 2.24) is 5.32 Å². The first-order valence-corrected chi connectivity index (χ1v) is 6.72. The summed E-state index contributed by atoms with van der Waals surface area (Å²) < 4.78 is 0. The van der Waals surface area contributed by atoms with Crippen molar-refractivity contribution >= 4 is 0 Å². The van der Waals surface area contributed by atoms with Gasteiger partial charge in [0.05, 0.1) is 0 Å². The van der Waals surface area contributed by atoms with Crippen molar-refractivity contribution in [1.29, 1.82) is 0 Å². The predicted octanol–water partition coefficient (Wildman–Crippen LogP) is 1.64. The Balaban J connectivity index is 2.57. The van der Waals surface area contributed by atoms with Gasteiger partial charge in [-0.25, -0.2) is 0 Å². The molecule has 0 aromatic carbocycles. The normalized spacial score (nSPS) is 24.8. The number of aliphatic hydroxyl groups is 1. The minimum atomic E-state index is 0.124. The molecule has 4 N–H and O–H groups in total. The quantitative estimate of drug-likeness (QED) is 0.627. The van der Waals surface area contributed by atoms with Gasteiger partial charge < -0.3 is 16.2 Å². The van der Waals surface area contributed by atoms with Crippen molar-refractivity contribution in [2.24, 2.45) is 11.7 Å². The molecule has 1 aliphatic rings. The Bertz CT molecular complexity index is 188. The van der Waals surface area contributed by atoms with E-state index in [9.17, 15) is 5.11 Å². The summed E-state index contributed by atoms with van der Waals surface area (Å²) in [4.78, 5) is 0. The Morgan fingerprint density at radius 2 is 1.75 bits per heavy atom. The zero-order chi connectivity index (χ0) is 12.0. The number of nitrogens with one attached hydrogen (secondary N) is 1. The van der Waals surface area contributed by atoms with Gasteiger partial charge in [0.15, 0.2) is 0 Å². The molecule has 2 atom stereocenters. The molecular weight excluding hydrogens is 200 g/mol. The van der Waals surface area contributed by atoms with Crippen LogP contribution in [0.25, 0.3) is 0 Å². The van der Waals surface area contributed by atoms with Crippen LogP contribution in [0.15, 0.2) is 0 Å². The van der Waals surface area contributed by atoms with E-state index in [0.717, 1.165) is 6.54 Å². The van der Waals surface area contributed by atoms with Crippen LogP contribution in [0.2, 0.25) is 0 Å². The van der Waals surface area contributed by atoms with Gasteiger partial charge in [0.1, 0.15) is 0 Å². The van der Waals surface area contributed by atoms with Gasteiger partial charge >= 0.3 is 0 Å². The van der Waals surface area contributed by atoms with Crippen LogP contribution >= 0.6 is 0 Å². The van der Waals surface area contributed by atoms with Gasteiger partial charge in [-0.15, -0.1) is 0 Å². The Morgan fingerprint density at radius 3 is 2.19 bits per heavy atom. The molecule has 0 heterocycles. The number of nitrogens with two attached hydrogens (primary N) is 1. The highest BCUT2D eigenvalue weighted by Gasteiger charge is 2.31. The minimum Gasteiger partial charge on any atom is -0.396 e. The van der Waals surface area contributed by atoms with Crippen LogP contribution in [-0.4, -0.2) is 29.8 Å². The van der Waals surface area contributed by atoms with Crippen LogP contribution in [0.4, 0.5) is 0 Å². The second-order valence-corrected chi connectivity index (χ2v) is 5.49. The van der Waals surface area contributed by atoms with Crippen molar-refractivity contribution < 1.29 is 5.11 Å². The maximum absolute atomic E-state index is 9.18. The molecule has 0 saturated heterocycles. The van der Waals surface area contributed by atoms with Gasteiger partial charge in [0.2, 0.25) is 0 Å². The lowest BCUT2D eigenvalue weighted by atomic mass is 9.88. The maximum atomic E-state index is 9.18. The van der Waals surface area contributed by atoms with E-state index in [1.165, 1.54) is 38.5 Å². The molecule has 0 bridgehead atoms. The van der Waals surface area contributed by atoms with Crippen LogP contribution in [-0.2, 0) is 0 Å². The molecule has 3 heteroatoms. The molecule has 0 aromatic heterocycles. The molecule has 0 aliphatic heterocycles. The van der Waals surface area contributed by atoms with E-state index >= 15 is 0 Å². The highest BCUT2D eigenvalue weighted by molar-refractivity contribution is 4.93. The van der Waals surface area contributed by atoms with Gasteiger partial charge in [-0.1, -0.05) is 32.6 Å². The second-order valence-electron chi connectivity index (χ2n) is 5.49. The monoisotopic (exact) mass is 228 g/mol. The van der Waals surface area contributed by atoms with Crippen molar-refractivity contribution in [2.75, 3.05) is 13.2 Å². The summed E-state index contributed by atoms with van der Waals surface area (Å²) in [5, 5.41) is 12.9. The highest BCUT2D eigenvalue weighted by Crippen LogP contribution is 2.27. The third kappa shape index (κ3) is 3.72. The molecule has 96 valence electrons. The smallest absolute Gasteiger partial charge is 0.0471 e. The average molecular weight is 228 g/mol. The summed E-state index contributed by atoms with van der Waals surface area (Å²) in [6.45, 7) is 5.20. The number of hydrogen-bond acceptors (Lipinski definition) is 3. The van der Waals surface area contributed by atoms with Crippen LogP contribution in [0, 0.1) is 5.92 Å². The summed E-state index contributed by atoms with van der Waals surface area (Å²) in [5.41, 5.74) is 6.10. The molecule has 1 rings (SSSR count). The zero-order valence-electron chi connectivity index (χ0n) is 10.8. The van der Waals surface area contributed by atoms with Crippen LogP contribution in [0.5, 0.6) is 0 Å². The van der Waals surface area contributed by atoms with Crippen molar-refractivity contribution in [3.63, 3.8) is 0 Å². The lowest BCUT2D eigenvalue weighted by molar-refractivity contribution is 0.172. The van der Waals surface area contributed by atoms with Gasteiger partial charge in [-0.05, 0) is 25.7 Å². The molecule has 0 amide bonds. The van der Waals surface area contributed by atoms with E-state index in [4.69, 9.17) is 5.73 Å². The summed E-state index contributed by atoms with van der Waals surface area (Å²) in [5.74, 6) is 0.298. The fraction of sp³-hybridized carbons (Fsp3) is 1.00. The molecular formula is C13H28N2O. The van der Waals surface area contributed by atoms with Gasteiger partial charge in [-0.3, -0.25) is 0 Å². The lowest BCUT2D eigenvalue weighted by Gasteiger charge is -2.37. The summed E-state index contributed by atoms with van der Waals surface area (Å²) in [7, 11) is 0. The van der Waals surface area contributed by atoms with Crippen molar-refractivity contribution in [3.05, 3.63) is 0 Å². The van der Waals surface area contributed by atoms with Gasteiger partial charge in [0, 0.05) is 24.7 Å². The second kappa shape index (κ2) is 6.58. The Labute approximate surface area is 99.8 Å². The first-order valence-electron chi connectivity index (χ1n) is 6.72. The van der Waals surface area contributed by atoms with Crippen molar-refractivity contribution in [3.8, 4) is 0 Å². The van der Waals surface area contributed by atoms with Gasteiger partial charge in [0.25, 0.3) is 0 Å². The topological polar surface area (TPSA) is 58.3 Å². The fourth-order valence-corrected chi connectivity index (χ4v) is 2.60. The fourth-order valence-electron chi connectivity index (χ4n) is 2.60. The van der Waals surface area contributed by atoms with E-state index < -0.39 is 0 Å². The Hall–Kier alpha value is -0.120. The highest BCUT2D eigenvalue weighted by atomic mass is 16.3. The summed E-state index contributed by atoms with van der Waals surface area (Å²) in [6, 6.07) is 0.339. The first kappa shape index (κ1) is 13.9. The average Bonchev–Trinajstić information content (AvgIpc) is 2.54. The molecule has 2 unspecified atom stereocenters. The molecule has 3 nitrogen and oxygen atoms in total. The molecule has 0 radical (unpaired) electrons. The van der Waals surface area contributed by atoms with Crippen molar-refractivity contribution in [2.45, 2.75) is 64.0 Å². The van der Waals surface area contributed by atoms with E-state index in [1.54, 1.807) is 0 Å². The van der Waals surface area contributed by atoms with E-state index in [2.05, 4.69) is 19.2 Å². The molecule has 1 fully saturated rings. The lowest BCUT2D eigenvalue weighted by Crippen LogP contribution is -2.56. The number of rotatable bonds is 5. The molecule has 0 aromatic rings. The Morgan fingerprint density at radius 1 is 1.19 bits per heavy atom. The third-order valence-electron chi connectivity index (χ3n) is 4.13. The third-order valence-corrected chi connectivity index (χ3v) is 4.13. The number of hydrogen-bond donors (Lipinski definition) is 3. The van der Waals surface area contributed by atoms with Crippen LogP contribution in [0.1, 0.15) is 52.4 Å². The maximum Gasteiger partial charge on any atom is 0.0471 e. The molecule has 1 aliphatic carbocycles. The standard InChI is InChI=1S/C13H28N2O/c1-11(9-16)12(2)15-13(10-14)7-5-3-4-6-8-13/h11-12,15-16H,3-10,14H2,1-2H3. The van der Waals surface area contributed by atoms with Gasteiger partial charge in [-0.2, -0.15) is 0 Å². The van der Waals surface area contributed by atoms with E-state index in [1.807, 2.05) is 0 Å². The summed E-state index contributed by atoms with van der Waals surface area (Å²) in [6.07, 6.45) is 7.62. The Kier molecular flexibility index (Phi) is 5.73. The first-order chi connectivity index (χ1) is 7.63. The summed E-state index contributed by atoms with van der Waals surface area (Å²) >= 11 is 0. The zero-order valence-corrected chi connectivity index (χ0v) is 10.8. The van der Waals surface area contributed by atoms with E-state index in [-0.39, 0.29) is 12.1 Å². The van der Waals surface area contributed by atoms with Crippen LogP contribution < -0.4 is 11.1 Å². The molecule has 16 heavy (non-hydrogen) atoms. The number of aliphatic hydroxyl groups excluding tert-OH is 1. The van der Waals surface area contributed by atoms with Crippen LogP contribution in [0.3, 0.4) is 0 Å². The SMILES string of the molecule is CC(CO)C(C)NC1(CN)CCCCCC1. The molecule has 0 spiro atoms. The molecule has 1 saturated carbocycles.